The second-order valence-corrected chi connectivity index (χ2v) is 5.60. The molecule has 1 aliphatic rings. The highest BCUT2D eigenvalue weighted by atomic mass is 127. The molecule has 0 bridgehead atoms. The normalized spacial score (nSPS) is 19.7. The predicted molar refractivity (Wildman–Crippen MR) is 75.4 cm³/mol. The third kappa shape index (κ3) is 3.44. The largest absolute Gasteiger partial charge is 0.445 e. The van der Waals surface area contributed by atoms with Crippen LogP contribution in [0, 0.1) is 0 Å². The zero-order chi connectivity index (χ0) is 13.0. The SMILES string of the molecule is O=C1CCN(C(=O)OCc2ccccc2)C(I)C1. The van der Waals surface area contributed by atoms with Crippen LogP contribution in [-0.2, 0) is 16.1 Å². The van der Waals surface area contributed by atoms with Crippen molar-refractivity contribution >= 4 is 34.5 Å². The minimum atomic E-state index is -0.342. The van der Waals surface area contributed by atoms with Crippen LogP contribution in [0.15, 0.2) is 30.3 Å². The van der Waals surface area contributed by atoms with Crippen LogP contribution in [0.5, 0.6) is 0 Å². The van der Waals surface area contributed by atoms with Crippen molar-refractivity contribution in [3.63, 3.8) is 0 Å². The molecule has 96 valence electrons. The van der Waals surface area contributed by atoms with Gasteiger partial charge in [-0.1, -0.05) is 52.9 Å². The van der Waals surface area contributed by atoms with E-state index in [2.05, 4.69) is 22.6 Å². The number of alkyl halides is 1. The van der Waals surface area contributed by atoms with E-state index < -0.39 is 0 Å². The Bertz CT molecular complexity index is 435. The average molecular weight is 359 g/mol. The highest BCUT2D eigenvalue weighted by molar-refractivity contribution is 14.1. The first-order valence-electron chi connectivity index (χ1n) is 5.80. The Hall–Kier alpha value is -1.11. The van der Waals surface area contributed by atoms with Crippen LogP contribution in [0.2, 0.25) is 0 Å². The van der Waals surface area contributed by atoms with Gasteiger partial charge in [-0.2, -0.15) is 0 Å². The van der Waals surface area contributed by atoms with Crippen LogP contribution in [0.25, 0.3) is 0 Å². The fourth-order valence-corrected chi connectivity index (χ4v) is 2.79. The summed E-state index contributed by atoms with van der Waals surface area (Å²) in [4.78, 5) is 24.7. The van der Waals surface area contributed by atoms with Gasteiger partial charge in [-0.15, -0.1) is 0 Å². The molecule has 1 aromatic carbocycles. The number of carbonyl (C=O) groups excluding carboxylic acids is 2. The first kappa shape index (κ1) is 13.3. The molecule has 0 N–H and O–H groups in total. The quantitative estimate of drug-likeness (QED) is 0.464. The molecule has 18 heavy (non-hydrogen) atoms. The van der Waals surface area contributed by atoms with Crippen molar-refractivity contribution in [1.29, 1.82) is 0 Å². The number of ether oxygens (including phenoxy) is 1. The van der Waals surface area contributed by atoms with Gasteiger partial charge in [0.05, 0.1) is 4.05 Å². The summed E-state index contributed by atoms with van der Waals surface area (Å²) in [5.74, 6) is 0.210. The van der Waals surface area contributed by atoms with Crippen molar-refractivity contribution in [2.24, 2.45) is 0 Å². The predicted octanol–water partition coefficient (Wildman–Crippen LogP) is 2.75. The third-order valence-electron chi connectivity index (χ3n) is 2.81. The molecule has 1 aliphatic heterocycles. The number of halogens is 1. The van der Waals surface area contributed by atoms with Crippen molar-refractivity contribution in [2.45, 2.75) is 23.5 Å². The molecular weight excluding hydrogens is 345 g/mol. The molecule has 1 unspecified atom stereocenters. The number of nitrogens with zero attached hydrogens (tertiary/aromatic N) is 1. The number of amides is 1. The molecule has 1 fully saturated rings. The summed E-state index contributed by atoms with van der Waals surface area (Å²) in [5, 5.41) is 0. The smallest absolute Gasteiger partial charge is 0.410 e. The van der Waals surface area contributed by atoms with E-state index in [1.807, 2.05) is 30.3 Å². The fourth-order valence-electron chi connectivity index (χ4n) is 1.79. The van der Waals surface area contributed by atoms with Gasteiger partial charge in [-0.25, -0.2) is 4.79 Å². The number of Topliss-reactive ketones (excluding diaryl/α,β-unsaturated/α-hetero) is 1. The number of benzene rings is 1. The lowest BCUT2D eigenvalue weighted by atomic mass is 10.1. The van der Waals surface area contributed by atoms with Crippen LogP contribution in [-0.4, -0.2) is 27.4 Å². The zero-order valence-corrected chi connectivity index (χ0v) is 12.0. The van der Waals surface area contributed by atoms with Crippen molar-refractivity contribution in [2.75, 3.05) is 6.54 Å². The van der Waals surface area contributed by atoms with E-state index in [9.17, 15) is 9.59 Å². The molecule has 0 aromatic heterocycles. The average Bonchev–Trinajstić information content (AvgIpc) is 2.37. The molecule has 1 saturated heterocycles. The summed E-state index contributed by atoms with van der Waals surface area (Å²) in [6.45, 7) is 0.730. The molecule has 1 aromatic rings. The van der Waals surface area contributed by atoms with Crippen LogP contribution in [0.1, 0.15) is 18.4 Å². The van der Waals surface area contributed by atoms with Crippen LogP contribution in [0.4, 0.5) is 4.79 Å². The molecule has 2 rings (SSSR count). The van der Waals surface area contributed by atoms with Gasteiger partial charge in [0.2, 0.25) is 0 Å². The number of carbonyl (C=O) groups is 2. The number of rotatable bonds is 2. The number of hydrogen-bond donors (Lipinski definition) is 0. The van der Waals surface area contributed by atoms with E-state index >= 15 is 0 Å². The molecule has 0 aliphatic carbocycles. The molecule has 4 nitrogen and oxygen atoms in total. The maximum atomic E-state index is 11.9. The maximum absolute atomic E-state index is 11.9. The zero-order valence-electron chi connectivity index (χ0n) is 9.84. The molecule has 0 radical (unpaired) electrons. The minimum Gasteiger partial charge on any atom is -0.445 e. The molecule has 1 atom stereocenters. The number of likely N-dealkylation sites (tertiary alicyclic amines) is 1. The van der Waals surface area contributed by atoms with Gasteiger partial charge in [0.15, 0.2) is 0 Å². The molecule has 5 heteroatoms. The molecule has 1 amide bonds. The highest BCUT2D eigenvalue weighted by Crippen LogP contribution is 2.21. The number of ketones is 1. The summed E-state index contributed by atoms with van der Waals surface area (Å²) < 4.78 is 5.15. The first-order chi connectivity index (χ1) is 8.66. The van der Waals surface area contributed by atoms with Crippen molar-refractivity contribution in [3.8, 4) is 0 Å². The van der Waals surface area contributed by atoms with Crippen LogP contribution < -0.4 is 0 Å². The van der Waals surface area contributed by atoms with Gasteiger partial charge >= 0.3 is 6.09 Å². The van der Waals surface area contributed by atoms with E-state index in [1.54, 1.807) is 4.90 Å². The second-order valence-electron chi connectivity index (χ2n) is 4.16. The molecule has 0 saturated carbocycles. The Morgan fingerprint density at radius 3 is 2.78 bits per heavy atom. The van der Waals surface area contributed by atoms with Gasteiger partial charge in [0, 0.05) is 19.4 Å². The van der Waals surface area contributed by atoms with E-state index in [0.717, 1.165) is 5.56 Å². The Labute approximate surface area is 119 Å². The van der Waals surface area contributed by atoms with Gasteiger partial charge in [0.25, 0.3) is 0 Å². The summed E-state index contributed by atoms with van der Waals surface area (Å²) in [6.07, 6.45) is 0.506. The number of piperidine rings is 1. The fraction of sp³-hybridized carbons (Fsp3) is 0.385. The highest BCUT2D eigenvalue weighted by Gasteiger charge is 2.29. The van der Waals surface area contributed by atoms with Crippen molar-refractivity contribution in [1.82, 2.24) is 4.90 Å². The lowest BCUT2D eigenvalue weighted by Crippen LogP contribution is -2.43. The minimum absolute atomic E-state index is 0.0906. The van der Waals surface area contributed by atoms with E-state index in [4.69, 9.17) is 4.74 Å². The monoisotopic (exact) mass is 359 g/mol. The van der Waals surface area contributed by atoms with Gasteiger partial charge in [-0.05, 0) is 5.56 Å². The summed E-state index contributed by atoms with van der Waals surface area (Å²) >= 11 is 2.11. The lowest BCUT2D eigenvalue weighted by molar-refractivity contribution is -0.121. The Kier molecular flexibility index (Phi) is 4.57. The first-order valence-corrected chi connectivity index (χ1v) is 7.04. The Morgan fingerprint density at radius 2 is 2.11 bits per heavy atom. The van der Waals surface area contributed by atoms with Gasteiger partial charge in [0.1, 0.15) is 12.4 Å². The second kappa shape index (κ2) is 6.17. The van der Waals surface area contributed by atoms with Gasteiger partial charge in [-0.3, -0.25) is 9.69 Å². The summed E-state index contributed by atoms with van der Waals surface area (Å²) in [5.41, 5.74) is 0.962. The van der Waals surface area contributed by atoms with Crippen molar-refractivity contribution < 1.29 is 14.3 Å². The van der Waals surface area contributed by atoms with Gasteiger partial charge < -0.3 is 4.74 Å². The molecular formula is C13H14INO3. The maximum Gasteiger partial charge on any atom is 0.410 e. The van der Waals surface area contributed by atoms with Crippen LogP contribution >= 0.6 is 22.6 Å². The van der Waals surface area contributed by atoms with Crippen molar-refractivity contribution in [3.05, 3.63) is 35.9 Å². The summed E-state index contributed by atoms with van der Waals surface area (Å²) in [6, 6.07) is 9.55. The third-order valence-corrected chi connectivity index (χ3v) is 3.92. The van der Waals surface area contributed by atoms with E-state index in [0.29, 0.717) is 19.4 Å². The Morgan fingerprint density at radius 1 is 1.39 bits per heavy atom. The number of hydrogen-bond acceptors (Lipinski definition) is 3. The topological polar surface area (TPSA) is 46.6 Å². The Balaban J connectivity index is 1.86. The molecule has 0 spiro atoms. The standard InChI is InChI=1S/C13H14INO3/c14-12-8-11(16)6-7-15(12)13(17)18-9-10-4-2-1-3-5-10/h1-5,12H,6-9H2. The van der Waals surface area contributed by atoms with E-state index in [1.165, 1.54) is 0 Å². The van der Waals surface area contributed by atoms with E-state index in [-0.39, 0.29) is 22.5 Å². The van der Waals surface area contributed by atoms with Crippen LogP contribution in [0.3, 0.4) is 0 Å². The summed E-state index contributed by atoms with van der Waals surface area (Å²) in [7, 11) is 0. The lowest BCUT2D eigenvalue weighted by Gasteiger charge is -2.30. The molecule has 1 heterocycles.